The van der Waals surface area contributed by atoms with E-state index < -0.39 is 28.0 Å². The molecule has 0 aliphatic carbocycles. The zero-order valence-electron chi connectivity index (χ0n) is 16.1. The number of sulfonamides is 1. The molecule has 0 saturated heterocycles. The average molecular weight is 450 g/mol. The van der Waals surface area contributed by atoms with Crippen molar-refractivity contribution in [1.82, 2.24) is 0 Å². The predicted octanol–water partition coefficient (Wildman–Crippen LogP) is 4.66. The van der Waals surface area contributed by atoms with Crippen molar-refractivity contribution in [3.05, 3.63) is 84.4 Å². The summed E-state index contributed by atoms with van der Waals surface area (Å²) < 4.78 is 67.5. The fourth-order valence-electron chi connectivity index (χ4n) is 2.69. The normalized spacial score (nSPS) is 11.6. The van der Waals surface area contributed by atoms with E-state index in [4.69, 9.17) is 0 Å². The van der Waals surface area contributed by atoms with Gasteiger partial charge < -0.3 is 10.1 Å². The Morgan fingerprint density at radius 3 is 2.19 bits per heavy atom. The van der Waals surface area contributed by atoms with Gasteiger partial charge in [-0.3, -0.25) is 9.10 Å². The number of nitrogens with one attached hydrogen (secondary N) is 1. The highest BCUT2D eigenvalue weighted by Crippen LogP contribution is 2.26. The molecule has 10 heteroatoms. The van der Waals surface area contributed by atoms with Crippen molar-refractivity contribution in [2.24, 2.45) is 0 Å². The summed E-state index contributed by atoms with van der Waals surface area (Å²) in [6.07, 6.45) is -4.85. The number of carbonyl (C=O) groups excluding carboxylic acids is 1. The number of anilines is 2. The molecule has 0 atom stereocenters. The van der Waals surface area contributed by atoms with Gasteiger partial charge >= 0.3 is 6.36 Å². The van der Waals surface area contributed by atoms with Crippen LogP contribution < -0.4 is 14.4 Å². The Bertz CT molecular complexity index is 1170. The number of alkyl halides is 3. The smallest absolute Gasteiger partial charge is 0.406 e. The number of para-hydroxylation sites is 1. The third kappa shape index (κ3) is 5.54. The van der Waals surface area contributed by atoms with E-state index in [0.717, 1.165) is 16.4 Å². The minimum Gasteiger partial charge on any atom is -0.406 e. The molecule has 6 nitrogen and oxygen atoms in total. The lowest BCUT2D eigenvalue weighted by Gasteiger charge is -2.19. The molecular formula is C21H17F3N2O4S. The lowest BCUT2D eigenvalue weighted by Crippen LogP contribution is -2.26. The van der Waals surface area contributed by atoms with Gasteiger partial charge in [-0.05, 0) is 48.5 Å². The average Bonchev–Trinajstić information content (AvgIpc) is 2.73. The first kappa shape index (κ1) is 22.2. The molecule has 3 aromatic rings. The Hall–Kier alpha value is -3.53. The Balaban J connectivity index is 1.74. The molecule has 0 aliphatic rings. The largest absolute Gasteiger partial charge is 0.573 e. The number of hydrogen-bond donors (Lipinski definition) is 1. The van der Waals surface area contributed by atoms with Gasteiger partial charge in [0.05, 0.1) is 10.6 Å². The highest BCUT2D eigenvalue weighted by Gasteiger charge is 2.31. The van der Waals surface area contributed by atoms with E-state index in [1.807, 2.05) is 0 Å². The van der Waals surface area contributed by atoms with Crippen molar-refractivity contribution < 1.29 is 31.1 Å². The number of benzene rings is 3. The Morgan fingerprint density at radius 2 is 1.58 bits per heavy atom. The van der Waals surface area contributed by atoms with Crippen LogP contribution >= 0.6 is 0 Å². The molecule has 0 aromatic heterocycles. The lowest BCUT2D eigenvalue weighted by molar-refractivity contribution is -0.274. The molecule has 31 heavy (non-hydrogen) atoms. The van der Waals surface area contributed by atoms with Crippen LogP contribution in [-0.2, 0) is 10.0 Å². The van der Waals surface area contributed by atoms with Crippen molar-refractivity contribution in [3.63, 3.8) is 0 Å². The number of nitrogens with zero attached hydrogens (tertiary/aromatic N) is 1. The molecule has 162 valence electrons. The van der Waals surface area contributed by atoms with E-state index in [1.54, 1.807) is 30.3 Å². The van der Waals surface area contributed by atoms with Gasteiger partial charge in [0, 0.05) is 24.4 Å². The predicted molar refractivity (Wildman–Crippen MR) is 110 cm³/mol. The van der Waals surface area contributed by atoms with E-state index in [9.17, 15) is 26.4 Å². The fraction of sp³-hybridized carbons (Fsp3) is 0.0952. The maximum Gasteiger partial charge on any atom is 0.573 e. The highest BCUT2D eigenvalue weighted by atomic mass is 32.2. The first-order chi connectivity index (χ1) is 14.6. The van der Waals surface area contributed by atoms with Crippen molar-refractivity contribution in [2.75, 3.05) is 16.7 Å². The summed E-state index contributed by atoms with van der Waals surface area (Å²) in [6.45, 7) is 0. The monoisotopic (exact) mass is 450 g/mol. The van der Waals surface area contributed by atoms with Crippen LogP contribution in [0.5, 0.6) is 5.75 Å². The zero-order valence-corrected chi connectivity index (χ0v) is 16.9. The Kier molecular flexibility index (Phi) is 6.21. The molecule has 0 heterocycles. The summed E-state index contributed by atoms with van der Waals surface area (Å²) in [7, 11) is -2.42. The van der Waals surface area contributed by atoms with Gasteiger partial charge in [0.15, 0.2) is 0 Å². The van der Waals surface area contributed by atoms with Crippen molar-refractivity contribution in [2.45, 2.75) is 11.3 Å². The van der Waals surface area contributed by atoms with Crippen LogP contribution in [0, 0.1) is 0 Å². The summed E-state index contributed by atoms with van der Waals surface area (Å²) in [5.74, 6) is -1.10. The van der Waals surface area contributed by atoms with Crippen LogP contribution in [0.15, 0.2) is 83.8 Å². The van der Waals surface area contributed by atoms with Crippen molar-refractivity contribution in [1.29, 1.82) is 0 Å². The third-order valence-electron chi connectivity index (χ3n) is 4.22. The summed E-state index contributed by atoms with van der Waals surface area (Å²) in [5, 5.41) is 2.45. The van der Waals surface area contributed by atoms with Gasteiger partial charge in [0.25, 0.3) is 15.9 Å². The number of halogens is 3. The summed E-state index contributed by atoms with van der Waals surface area (Å²) >= 11 is 0. The number of hydrogen-bond acceptors (Lipinski definition) is 4. The molecule has 3 rings (SSSR count). The van der Waals surface area contributed by atoms with Crippen molar-refractivity contribution in [3.8, 4) is 5.75 Å². The van der Waals surface area contributed by atoms with Crippen LogP contribution in [0.1, 0.15) is 10.4 Å². The topological polar surface area (TPSA) is 75.7 Å². The van der Waals surface area contributed by atoms with Gasteiger partial charge in [0.1, 0.15) is 5.75 Å². The zero-order chi connectivity index (χ0) is 22.6. The number of carbonyl (C=O) groups is 1. The Morgan fingerprint density at radius 1 is 0.935 bits per heavy atom. The first-order valence-electron chi connectivity index (χ1n) is 8.87. The SMILES string of the molecule is CN(c1ccccc1)S(=O)(=O)c1ccc(C(=O)Nc2cccc(OC(F)(F)F)c2)cc1. The van der Waals surface area contributed by atoms with Crippen LogP contribution in [0.4, 0.5) is 24.5 Å². The molecule has 0 saturated carbocycles. The van der Waals surface area contributed by atoms with Crippen molar-refractivity contribution >= 4 is 27.3 Å². The molecule has 0 radical (unpaired) electrons. The maximum atomic E-state index is 12.8. The first-order valence-corrected chi connectivity index (χ1v) is 10.3. The van der Waals surface area contributed by atoms with E-state index in [-0.39, 0.29) is 16.1 Å². The van der Waals surface area contributed by atoms with Gasteiger partial charge in [-0.2, -0.15) is 0 Å². The number of amides is 1. The van der Waals surface area contributed by atoms with Crippen LogP contribution in [0.3, 0.4) is 0 Å². The van der Waals surface area contributed by atoms with Crippen LogP contribution in [-0.4, -0.2) is 27.7 Å². The third-order valence-corrected chi connectivity index (χ3v) is 6.02. The molecular weight excluding hydrogens is 433 g/mol. The highest BCUT2D eigenvalue weighted by molar-refractivity contribution is 7.92. The van der Waals surface area contributed by atoms with Crippen LogP contribution in [0.2, 0.25) is 0 Å². The second-order valence-electron chi connectivity index (χ2n) is 6.36. The maximum absolute atomic E-state index is 12.8. The van der Waals surface area contributed by atoms with Gasteiger partial charge in [-0.25, -0.2) is 8.42 Å². The van der Waals surface area contributed by atoms with E-state index >= 15 is 0 Å². The fourth-order valence-corrected chi connectivity index (χ4v) is 3.88. The standard InChI is InChI=1S/C21H17F3N2O4S/c1-26(17-7-3-2-4-8-17)31(28,29)19-12-10-15(11-13-19)20(27)25-16-6-5-9-18(14-16)30-21(22,23)24/h2-14H,1H3,(H,25,27). The van der Waals surface area contributed by atoms with E-state index in [1.165, 1.54) is 43.4 Å². The molecule has 3 aromatic carbocycles. The van der Waals surface area contributed by atoms with Gasteiger partial charge in [-0.15, -0.1) is 13.2 Å². The molecule has 1 amide bonds. The van der Waals surface area contributed by atoms with Gasteiger partial charge in [0.2, 0.25) is 0 Å². The molecule has 0 fully saturated rings. The Labute approximate surface area is 176 Å². The second-order valence-corrected chi connectivity index (χ2v) is 8.33. The molecule has 0 bridgehead atoms. The number of ether oxygens (including phenoxy) is 1. The minimum atomic E-state index is -4.85. The van der Waals surface area contributed by atoms with Gasteiger partial charge in [-0.1, -0.05) is 24.3 Å². The quantitative estimate of drug-likeness (QED) is 0.593. The molecule has 0 spiro atoms. The second kappa shape index (κ2) is 8.68. The number of rotatable bonds is 6. The van der Waals surface area contributed by atoms with Crippen LogP contribution in [0.25, 0.3) is 0 Å². The summed E-state index contributed by atoms with van der Waals surface area (Å²) in [6, 6.07) is 18.5. The summed E-state index contributed by atoms with van der Waals surface area (Å²) in [5.41, 5.74) is 0.695. The molecule has 0 aliphatic heterocycles. The lowest BCUT2D eigenvalue weighted by atomic mass is 10.2. The van der Waals surface area contributed by atoms with E-state index in [2.05, 4.69) is 10.1 Å². The minimum absolute atomic E-state index is 0.0176. The van der Waals surface area contributed by atoms with E-state index in [0.29, 0.717) is 5.69 Å². The summed E-state index contributed by atoms with van der Waals surface area (Å²) in [4.78, 5) is 12.4. The molecule has 0 unspecified atom stereocenters. The molecule has 1 N–H and O–H groups in total.